The van der Waals surface area contributed by atoms with Gasteiger partial charge >= 0.3 is 0 Å². The van der Waals surface area contributed by atoms with E-state index in [9.17, 15) is 5.11 Å². The number of hydrogen-bond donors (Lipinski definition) is 3. The Labute approximate surface area is 139 Å². The van der Waals surface area contributed by atoms with Crippen LogP contribution in [0.4, 0.5) is 5.69 Å². The minimum Gasteiger partial charge on any atom is -0.507 e. The van der Waals surface area contributed by atoms with Gasteiger partial charge < -0.3 is 20.6 Å². The van der Waals surface area contributed by atoms with E-state index >= 15 is 0 Å². The Kier molecular flexibility index (Phi) is 3.92. The maximum Gasteiger partial charge on any atom is 0.231 e. The standard InChI is InChI=1S/C17H17N3O2S/c1-3-10-4-5-14-13(7-10)20-16(22-14)12-8-11(19-17(18)23)6-9(2)15(12)21/h4-8,21H,3H2,1-2H3,(H3,18,19,23). The van der Waals surface area contributed by atoms with Crippen LogP contribution in [0.3, 0.4) is 0 Å². The topological polar surface area (TPSA) is 84.3 Å². The van der Waals surface area contributed by atoms with E-state index in [1.807, 2.05) is 18.2 Å². The van der Waals surface area contributed by atoms with Gasteiger partial charge in [-0.3, -0.25) is 0 Å². The molecule has 0 aliphatic carbocycles. The summed E-state index contributed by atoms with van der Waals surface area (Å²) in [6, 6.07) is 9.37. The summed E-state index contributed by atoms with van der Waals surface area (Å²) in [4.78, 5) is 4.50. The number of benzene rings is 2. The lowest BCUT2D eigenvalue weighted by molar-refractivity contribution is 0.470. The highest BCUT2D eigenvalue weighted by atomic mass is 32.1. The van der Waals surface area contributed by atoms with E-state index in [-0.39, 0.29) is 10.9 Å². The Morgan fingerprint density at radius 3 is 2.83 bits per heavy atom. The van der Waals surface area contributed by atoms with Crippen LogP contribution in [0.25, 0.3) is 22.6 Å². The molecule has 2 aromatic carbocycles. The van der Waals surface area contributed by atoms with Gasteiger partial charge in [0.25, 0.3) is 0 Å². The van der Waals surface area contributed by atoms with E-state index in [2.05, 4.69) is 17.2 Å². The second-order valence-corrected chi connectivity index (χ2v) is 5.79. The lowest BCUT2D eigenvalue weighted by Gasteiger charge is -2.09. The monoisotopic (exact) mass is 327 g/mol. The Morgan fingerprint density at radius 1 is 1.35 bits per heavy atom. The van der Waals surface area contributed by atoms with Crippen LogP contribution in [0.5, 0.6) is 5.75 Å². The highest BCUT2D eigenvalue weighted by molar-refractivity contribution is 7.80. The molecule has 23 heavy (non-hydrogen) atoms. The van der Waals surface area contributed by atoms with Crippen molar-refractivity contribution in [2.45, 2.75) is 20.3 Å². The predicted octanol–water partition coefficient (Wildman–Crippen LogP) is 3.73. The Balaban J connectivity index is 2.13. The van der Waals surface area contributed by atoms with Crippen molar-refractivity contribution in [2.75, 3.05) is 5.32 Å². The molecule has 1 aromatic heterocycles. The molecule has 3 aromatic rings. The van der Waals surface area contributed by atoms with Crippen LogP contribution < -0.4 is 11.1 Å². The van der Waals surface area contributed by atoms with E-state index in [1.54, 1.807) is 19.1 Å². The summed E-state index contributed by atoms with van der Waals surface area (Å²) < 4.78 is 5.79. The van der Waals surface area contributed by atoms with E-state index < -0.39 is 0 Å². The minimum atomic E-state index is 0.126. The number of aromatic nitrogens is 1. The van der Waals surface area contributed by atoms with Crippen molar-refractivity contribution in [1.82, 2.24) is 4.98 Å². The summed E-state index contributed by atoms with van der Waals surface area (Å²) in [6.45, 7) is 3.88. The van der Waals surface area contributed by atoms with Crippen molar-refractivity contribution in [3.63, 3.8) is 0 Å². The van der Waals surface area contributed by atoms with Gasteiger partial charge in [0.2, 0.25) is 5.89 Å². The molecule has 0 saturated carbocycles. The maximum absolute atomic E-state index is 10.3. The zero-order valence-corrected chi connectivity index (χ0v) is 13.7. The minimum absolute atomic E-state index is 0.126. The molecule has 0 atom stereocenters. The van der Waals surface area contributed by atoms with E-state index in [4.69, 9.17) is 22.4 Å². The predicted molar refractivity (Wildman–Crippen MR) is 95.6 cm³/mol. The second kappa shape index (κ2) is 5.89. The van der Waals surface area contributed by atoms with Crippen molar-refractivity contribution < 1.29 is 9.52 Å². The number of hydrogen-bond acceptors (Lipinski definition) is 4. The van der Waals surface area contributed by atoms with Gasteiger partial charge in [0.1, 0.15) is 11.3 Å². The van der Waals surface area contributed by atoms with Crippen molar-refractivity contribution >= 4 is 34.1 Å². The quantitative estimate of drug-likeness (QED) is 0.502. The SMILES string of the molecule is CCc1ccc2oc(-c3cc(NC(N)=S)cc(C)c3O)nc2c1. The Hall–Kier alpha value is -2.60. The Morgan fingerprint density at radius 2 is 2.13 bits per heavy atom. The number of nitrogens with zero attached hydrogens (tertiary/aromatic N) is 1. The first-order valence-electron chi connectivity index (χ1n) is 7.28. The molecule has 1 heterocycles. The van der Waals surface area contributed by atoms with Crippen molar-refractivity contribution in [1.29, 1.82) is 0 Å². The molecule has 118 valence electrons. The second-order valence-electron chi connectivity index (χ2n) is 5.35. The van der Waals surface area contributed by atoms with Gasteiger partial charge in [-0.15, -0.1) is 0 Å². The van der Waals surface area contributed by atoms with Gasteiger partial charge in [-0.25, -0.2) is 4.98 Å². The number of phenols is 1. The third kappa shape index (κ3) is 2.98. The molecule has 0 unspecified atom stereocenters. The van der Waals surface area contributed by atoms with Crippen LogP contribution >= 0.6 is 12.2 Å². The number of aryl methyl sites for hydroxylation is 2. The number of fused-ring (bicyclic) bond motifs is 1. The lowest BCUT2D eigenvalue weighted by atomic mass is 10.1. The third-order valence-corrected chi connectivity index (χ3v) is 3.76. The number of oxazole rings is 1. The smallest absolute Gasteiger partial charge is 0.231 e. The molecule has 0 aliphatic rings. The lowest BCUT2D eigenvalue weighted by Crippen LogP contribution is -2.18. The molecule has 0 radical (unpaired) electrons. The normalized spacial score (nSPS) is 10.9. The number of anilines is 1. The summed E-state index contributed by atoms with van der Waals surface area (Å²) in [5, 5.41) is 13.4. The summed E-state index contributed by atoms with van der Waals surface area (Å²) in [6.07, 6.45) is 0.926. The summed E-state index contributed by atoms with van der Waals surface area (Å²) in [7, 11) is 0. The molecule has 0 spiro atoms. The zero-order valence-electron chi connectivity index (χ0n) is 12.9. The Bertz CT molecular complexity index is 902. The average molecular weight is 327 g/mol. The van der Waals surface area contributed by atoms with E-state index in [0.29, 0.717) is 28.3 Å². The van der Waals surface area contributed by atoms with Crippen LogP contribution in [0.2, 0.25) is 0 Å². The number of nitrogens with one attached hydrogen (secondary N) is 1. The fourth-order valence-corrected chi connectivity index (χ4v) is 2.58. The molecule has 0 amide bonds. The summed E-state index contributed by atoms with van der Waals surface area (Å²) in [5.74, 6) is 0.487. The van der Waals surface area contributed by atoms with Crippen LogP contribution in [0.15, 0.2) is 34.7 Å². The van der Waals surface area contributed by atoms with Gasteiger partial charge in [-0.2, -0.15) is 0 Å². The largest absolute Gasteiger partial charge is 0.507 e. The van der Waals surface area contributed by atoms with Crippen molar-refractivity contribution in [3.05, 3.63) is 41.5 Å². The third-order valence-electron chi connectivity index (χ3n) is 3.66. The molecule has 0 aliphatic heterocycles. The molecule has 0 saturated heterocycles. The van der Waals surface area contributed by atoms with Gasteiger partial charge in [0, 0.05) is 5.69 Å². The molecule has 5 nitrogen and oxygen atoms in total. The molecule has 0 fully saturated rings. The first-order chi connectivity index (χ1) is 11.0. The van der Waals surface area contributed by atoms with Crippen LogP contribution in [0.1, 0.15) is 18.1 Å². The number of thiocarbonyl (C=S) groups is 1. The first kappa shape index (κ1) is 15.3. The van der Waals surface area contributed by atoms with Gasteiger partial charge in [0.05, 0.1) is 5.56 Å². The first-order valence-corrected chi connectivity index (χ1v) is 7.68. The fourth-order valence-electron chi connectivity index (χ4n) is 2.47. The molecule has 6 heteroatoms. The van der Waals surface area contributed by atoms with Gasteiger partial charge in [-0.05, 0) is 61.0 Å². The molecular weight excluding hydrogens is 310 g/mol. The van der Waals surface area contributed by atoms with Crippen LogP contribution in [-0.2, 0) is 6.42 Å². The number of rotatable bonds is 3. The highest BCUT2D eigenvalue weighted by Crippen LogP contribution is 2.36. The molecule has 3 rings (SSSR count). The molecule has 0 bridgehead atoms. The fraction of sp³-hybridized carbons (Fsp3) is 0.176. The average Bonchev–Trinajstić information content (AvgIpc) is 2.92. The van der Waals surface area contributed by atoms with Crippen LogP contribution in [-0.4, -0.2) is 15.2 Å². The maximum atomic E-state index is 10.3. The molecule has 4 N–H and O–H groups in total. The van der Waals surface area contributed by atoms with Crippen molar-refractivity contribution in [3.8, 4) is 17.2 Å². The van der Waals surface area contributed by atoms with Crippen LogP contribution in [0, 0.1) is 6.92 Å². The van der Waals surface area contributed by atoms with Gasteiger partial charge in [0.15, 0.2) is 10.7 Å². The van der Waals surface area contributed by atoms with E-state index in [0.717, 1.165) is 11.9 Å². The summed E-state index contributed by atoms with van der Waals surface area (Å²) >= 11 is 4.86. The summed E-state index contributed by atoms with van der Waals surface area (Å²) in [5.41, 5.74) is 10.0. The number of phenolic OH excluding ortho intramolecular Hbond substituents is 1. The number of aromatic hydroxyl groups is 1. The number of nitrogens with two attached hydrogens (primary N) is 1. The van der Waals surface area contributed by atoms with Crippen molar-refractivity contribution in [2.24, 2.45) is 5.73 Å². The van der Waals surface area contributed by atoms with E-state index in [1.165, 1.54) is 5.56 Å². The zero-order chi connectivity index (χ0) is 16.6. The highest BCUT2D eigenvalue weighted by Gasteiger charge is 2.15. The molecular formula is C17H17N3O2S. The van der Waals surface area contributed by atoms with Gasteiger partial charge in [-0.1, -0.05) is 13.0 Å².